The summed E-state index contributed by atoms with van der Waals surface area (Å²) in [5.41, 5.74) is 14.7. The maximum Gasteiger partial charge on any atom is 0.352 e. The fraction of sp³-hybridized carbons (Fsp3) is 0.0714. The number of ketones is 1. The van der Waals surface area contributed by atoms with Gasteiger partial charge in [0.05, 0.1) is 22.2 Å². The fourth-order valence-electron chi connectivity index (χ4n) is 4.10. The third-order valence-electron chi connectivity index (χ3n) is 6.50. The Morgan fingerprint density at radius 3 is 2.02 bits per heavy atom. The molecule has 4 aromatic heterocycles. The summed E-state index contributed by atoms with van der Waals surface area (Å²) in [6.45, 7) is 0.140. The molecule has 0 aliphatic carbocycles. The van der Waals surface area contributed by atoms with E-state index in [1.807, 2.05) is 9.97 Å². The minimum Gasteiger partial charge on any atom is -0.477 e. The Morgan fingerprint density at radius 1 is 0.865 bits per heavy atom. The highest BCUT2D eigenvalue weighted by Crippen LogP contribution is 2.30. The van der Waals surface area contributed by atoms with Crippen LogP contribution in [-0.2, 0) is 13.6 Å². The number of nitrogens with one attached hydrogen (secondary N) is 2. The molecule has 0 aliphatic heterocycles. The Balaban J connectivity index is 0.000000201. The van der Waals surface area contributed by atoms with Gasteiger partial charge in [-0.3, -0.25) is 24.2 Å². The van der Waals surface area contributed by atoms with Crippen LogP contribution in [0, 0.1) is 0 Å². The number of imidazole rings is 1. The van der Waals surface area contributed by atoms with E-state index in [0.717, 1.165) is 15.1 Å². The molecule has 0 fully saturated rings. The number of H-pyrrole nitrogens is 2. The first-order valence-corrected chi connectivity index (χ1v) is 15.0. The van der Waals surface area contributed by atoms with E-state index in [1.54, 1.807) is 36.4 Å². The minimum absolute atomic E-state index is 0.0241. The van der Waals surface area contributed by atoms with E-state index in [-0.39, 0.29) is 50.8 Å². The number of hydrogen-bond acceptors (Lipinski definition) is 13. The second-order valence-electron chi connectivity index (χ2n) is 10.1. The molecule has 2 amide bonds. The number of rotatable bonds is 7. The van der Waals surface area contributed by atoms with Gasteiger partial charge in [0.25, 0.3) is 17.4 Å². The Morgan fingerprint density at radius 2 is 1.48 bits per heavy atom. The maximum absolute atomic E-state index is 12.7. The average Bonchev–Trinajstić information content (AvgIpc) is 3.67. The number of carbonyl (C=O) groups excluding carboxylic acids is 3. The number of nitrogens with two attached hydrogens (primary N) is 3. The molecular formula is C28H22Cl3N13O8. The third kappa shape index (κ3) is 8.71. The highest BCUT2D eigenvalue weighted by Gasteiger charge is 2.20. The van der Waals surface area contributed by atoms with Gasteiger partial charge < -0.3 is 27.3 Å². The molecule has 0 aliphatic rings. The normalized spacial score (nSPS) is 10.5. The van der Waals surface area contributed by atoms with Crippen LogP contribution in [-0.4, -0.2) is 78.0 Å². The van der Waals surface area contributed by atoms with Crippen LogP contribution in [0.25, 0.3) is 5.65 Å². The summed E-state index contributed by atoms with van der Waals surface area (Å²) in [6.07, 6.45) is 1.19. The van der Waals surface area contributed by atoms with Gasteiger partial charge in [0.1, 0.15) is 12.0 Å². The number of carbonyl (C=O) groups is 4. The van der Waals surface area contributed by atoms with Gasteiger partial charge in [-0.05, 0) is 42.0 Å². The van der Waals surface area contributed by atoms with Crippen LogP contribution in [0.5, 0.6) is 0 Å². The summed E-state index contributed by atoms with van der Waals surface area (Å²) in [6, 6.07) is 10.3. The van der Waals surface area contributed by atoms with Gasteiger partial charge in [-0.1, -0.05) is 45.2 Å². The van der Waals surface area contributed by atoms with Crippen molar-refractivity contribution in [2.75, 3.05) is 5.73 Å². The van der Waals surface area contributed by atoms with Crippen molar-refractivity contribution in [1.29, 1.82) is 0 Å². The lowest BCUT2D eigenvalue weighted by atomic mass is 10.0. The number of aromatic carboxylic acids is 1. The summed E-state index contributed by atoms with van der Waals surface area (Å²) in [5, 5.41) is 23.7. The van der Waals surface area contributed by atoms with Crippen molar-refractivity contribution in [3.63, 3.8) is 0 Å². The van der Waals surface area contributed by atoms with E-state index in [0.29, 0.717) is 16.1 Å². The second-order valence-corrected chi connectivity index (χ2v) is 11.3. The molecule has 21 nitrogen and oxygen atoms in total. The van der Waals surface area contributed by atoms with Crippen LogP contribution in [0.4, 0.5) is 5.82 Å². The van der Waals surface area contributed by atoms with E-state index in [1.165, 1.54) is 18.1 Å². The lowest BCUT2D eigenvalue weighted by Gasteiger charge is -2.10. The van der Waals surface area contributed by atoms with Gasteiger partial charge in [0.2, 0.25) is 0 Å². The molecule has 52 heavy (non-hydrogen) atoms. The summed E-state index contributed by atoms with van der Waals surface area (Å²) in [4.78, 5) is 84.7. The van der Waals surface area contributed by atoms with E-state index < -0.39 is 40.4 Å². The molecule has 268 valence electrons. The Bertz CT molecular complexity index is 2490. The molecule has 4 heterocycles. The number of nitrogens with zero attached hydrogens (tertiary/aromatic N) is 8. The Hall–Kier alpha value is -6.71. The number of amides is 2. The van der Waals surface area contributed by atoms with Crippen molar-refractivity contribution in [3.05, 3.63) is 129 Å². The lowest BCUT2D eigenvalue weighted by Crippen LogP contribution is -2.27. The number of benzene rings is 2. The standard InChI is InChI=1S/C17H12Cl3N5O2.C6H6N6O2.C5H4N2O4/c18-10-3-1-9(2-4-10)15(26)13-11(19)5-8(6-12(13)20)7-25-16(21)14(17(22)27)23-24-25;1-11-6(14)12-2-8-3(4(7)13)5(12)9-10-11;8-3-1-2(4(9)10)6-5(11)7-3/h1-6H,7,21H2,(H2,22,27);2H,1H3,(H2,7,13);1H,(H,9,10)(H2,6,7,8,11). The van der Waals surface area contributed by atoms with Gasteiger partial charge in [0, 0.05) is 23.7 Å². The molecular weight excluding hydrogens is 753 g/mol. The van der Waals surface area contributed by atoms with Crippen molar-refractivity contribution in [2.45, 2.75) is 6.54 Å². The van der Waals surface area contributed by atoms with Gasteiger partial charge in [-0.25, -0.2) is 28.5 Å². The van der Waals surface area contributed by atoms with Crippen molar-refractivity contribution in [3.8, 4) is 0 Å². The van der Waals surface area contributed by atoms with Gasteiger partial charge in [-0.15, -0.1) is 10.2 Å². The van der Waals surface area contributed by atoms with Gasteiger partial charge in [0.15, 0.2) is 28.6 Å². The van der Waals surface area contributed by atoms with Crippen molar-refractivity contribution >= 4 is 69.8 Å². The zero-order valence-electron chi connectivity index (χ0n) is 26.1. The number of primary amides is 2. The minimum atomic E-state index is -1.34. The summed E-state index contributed by atoms with van der Waals surface area (Å²) in [7, 11) is 1.44. The van der Waals surface area contributed by atoms with Crippen LogP contribution in [0.2, 0.25) is 15.1 Å². The molecule has 0 unspecified atom stereocenters. The number of anilines is 1. The van der Waals surface area contributed by atoms with Crippen molar-refractivity contribution < 1.29 is 24.3 Å². The maximum atomic E-state index is 12.7. The second kappa shape index (κ2) is 15.9. The highest BCUT2D eigenvalue weighted by molar-refractivity contribution is 6.41. The molecule has 0 saturated heterocycles. The number of halogens is 3. The lowest BCUT2D eigenvalue weighted by molar-refractivity contribution is 0.0689. The number of aromatic amines is 2. The van der Waals surface area contributed by atoms with Crippen molar-refractivity contribution in [1.82, 2.24) is 49.3 Å². The first-order chi connectivity index (χ1) is 24.5. The van der Waals surface area contributed by atoms with E-state index in [2.05, 4.69) is 25.6 Å². The number of fused-ring (bicyclic) bond motifs is 1. The summed E-state index contributed by atoms with van der Waals surface area (Å²) < 4.78 is 3.41. The summed E-state index contributed by atoms with van der Waals surface area (Å²) >= 11 is 18.4. The number of nitrogen functional groups attached to an aromatic ring is 1. The number of aryl methyl sites for hydroxylation is 1. The molecule has 0 radical (unpaired) electrons. The number of carboxylic acid groups (broad SMARTS) is 1. The molecule has 6 aromatic rings. The Kier molecular flexibility index (Phi) is 11.6. The number of hydrogen-bond donors (Lipinski definition) is 6. The van der Waals surface area contributed by atoms with Crippen LogP contribution in [0.3, 0.4) is 0 Å². The van der Waals surface area contributed by atoms with Crippen LogP contribution in [0.15, 0.2) is 63.2 Å². The van der Waals surface area contributed by atoms with Gasteiger partial charge >= 0.3 is 17.3 Å². The monoisotopic (exact) mass is 773 g/mol. The average molecular weight is 775 g/mol. The molecule has 6 rings (SSSR count). The van der Waals surface area contributed by atoms with Crippen LogP contribution >= 0.6 is 34.8 Å². The quantitative estimate of drug-likeness (QED) is 0.115. The van der Waals surface area contributed by atoms with E-state index >= 15 is 0 Å². The third-order valence-corrected chi connectivity index (χ3v) is 7.35. The predicted octanol–water partition coefficient (Wildman–Crippen LogP) is -0.118. The predicted molar refractivity (Wildman–Crippen MR) is 183 cm³/mol. The zero-order chi connectivity index (χ0) is 38.4. The fourth-order valence-corrected chi connectivity index (χ4v) is 4.93. The van der Waals surface area contributed by atoms with Crippen molar-refractivity contribution in [2.24, 2.45) is 18.5 Å². The first kappa shape index (κ1) is 38.1. The van der Waals surface area contributed by atoms with E-state index in [9.17, 15) is 33.6 Å². The summed E-state index contributed by atoms with van der Waals surface area (Å²) in [5.74, 6) is -3.16. The molecule has 9 N–H and O–H groups in total. The molecule has 0 spiro atoms. The molecule has 0 saturated carbocycles. The zero-order valence-corrected chi connectivity index (χ0v) is 28.3. The van der Waals surface area contributed by atoms with Crippen LogP contribution in [0.1, 0.15) is 53.0 Å². The smallest absolute Gasteiger partial charge is 0.352 e. The first-order valence-electron chi connectivity index (χ1n) is 13.9. The number of carboxylic acids is 1. The molecule has 24 heteroatoms. The molecule has 0 atom stereocenters. The largest absolute Gasteiger partial charge is 0.477 e. The topological polar surface area (TPSA) is 328 Å². The van der Waals surface area contributed by atoms with Crippen LogP contribution < -0.4 is 34.1 Å². The van der Waals surface area contributed by atoms with Gasteiger partial charge in [-0.2, -0.15) is 4.68 Å². The van der Waals surface area contributed by atoms with E-state index in [4.69, 9.17) is 57.1 Å². The number of aromatic nitrogens is 10. The highest BCUT2D eigenvalue weighted by atomic mass is 35.5. The molecule has 0 bridgehead atoms. The molecule has 2 aromatic carbocycles. The Labute approximate surface area is 302 Å². The SMILES string of the molecule is Cn1nnc2c(C(N)=O)ncn2c1=O.NC(=O)c1nnn(Cc2cc(Cl)c(C(=O)c3ccc(Cl)cc3)c(Cl)c2)c1N.O=C(O)c1cc(=O)[nH]c(=O)[nH]1.